The van der Waals surface area contributed by atoms with Crippen molar-refractivity contribution < 1.29 is 17.7 Å². The molecule has 2 heterocycles. The number of nitrogens with zero attached hydrogens (tertiary/aromatic N) is 4. The van der Waals surface area contributed by atoms with Gasteiger partial charge in [0.25, 0.3) is 5.56 Å². The third-order valence-corrected chi connectivity index (χ3v) is 5.52. The van der Waals surface area contributed by atoms with Crippen molar-refractivity contribution in [3.8, 4) is 0 Å². The number of aryl methyl sites for hydroxylation is 2. The first kappa shape index (κ1) is 24.6. The number of fused-ring (bicyclic) bond motifs is 1. The molecule has 1 unspecified atom stereocenters. The number of hydrogen-bond donors (Lipinski definition) is 1. The van der Waals surface area contributed by atoms with Gasteiger partial charge in [-0.25, -0.2) is 9.78 Å². The average molecular weight is 446 g/mol. The largest absolute Gasteiger partial charge is 1.00 e. The zero-order valence-corrected chi connectivity index (χ0v) is 19.5. The molecule has 0 amide bonds. The van der Waals surface area contributed by atoms with Gasteiger partial charge in [-0.2, -0.15) is 0 Å². The highest BCUT2D eigenvalue weighted by Gasteiger charge is 2.18. The van der Waals surface area contributed by atoms with E-state index >= 15 is 0 Å². The second-order valence-electron chi connectivity index (χ2n) is 7.88. The van der Waals surface area contributed by atoms with Crippen LogP contribution < -0.4 is 29.0 Å². The monoisotopic (exact) mass is 445 g/mol. The highest BCUT2D eigenvalue weighted by Crippen LogP contribution is 2.13. The van der Waals surface area contributed by atoms with Crippen LogP contribution >= 0.6 is 0 Å². The maximum absolute atomic E-state index is 12.8. The topological polar surface area (TPSA) is 78.4 Å². The van der Waals surface area contributed by atoms with Crippen molar-refractivity contribution in [2.75, 3.05) is 6.54 Å². The average Bonchev–Trinajstić information content (AvgIpc) is 3.11. The second kappa shape index (κ2) is 11.1. The number of halogens is 1. The Labute approximate surface area is 188 Å². The number of rotatable bonds is 9. The lowest BCUT2D eigenvalue weighted by Gasteiger charge is -2.12. The fourth-order valence-corrected chi connectivity index (χ4v) is 3.83. The molecule has 3 aromatic rings. The molecule has 0 spiro atoms. The van der Waals surface area contributed by atoms with Crippen molar-refractivity contribution in [3.63, 3.8) is 0 Å². The zero-order valence-electron chi connectivity index (χ0n) is 18.7. The lowest BCUT2D eigenvalue weighted by atomic mass is 10.1. The second-order valence-corrected chi connectivity index (χ2v) is 7.88. The third kappa shape index (κ3) is 5.54. The van der Waals surface area contributed by atoms with E-state index < -0.39 is 0 Å². The van der Waals surface area contributed by atoms with Gasteiger partial charge in [0.2, 0.25) is 0 Å². The molecule has 0 saturated heterocycles. The summed E-state index contributed by atoms with van der Waals surface area (Å²) in [5.41, 5.74) is 1.69. The van der Waals surface area contributed by atoms with Crippen LogP contribution in [-0.2, 0) is 33.5 Å². The molecule has 2 aromatic heterocycles. The van der Waals surface area contributed by atoms with Crippen LogP contribution in [0, 0.1) is 0 Å². The number of imidazole rings is 1. The summed E-state index contributed by atoms with van der Waals surface area (Å²) in [7, 11) is 3.19. The van der Waals surface area contributed by atoms with E-state index in [2.05, 4.69) is 41.5 Å². The summed E-state index contributed by atoms with van der Waals surface area (Å²) in [5, 5.41) is 2.35. The molecule has 0 aliphatic carbocycles. The minimum Gasteiger partial charge on any atom is -1.00 e. The van der Waals surface area contributed by atoms with Gasteiger partial charge in [-0.15, -0.1) is 0 Å². The molecule has 2 N–H and O–H groups in total. The van der Waals surface area contributed by atoms with Crippen LogP contribution in [0.1, 0.15) is 31.7 Å². The van der Waals surface area contributed by atoms with E-state index in [1.54, 1.807) is 7.05 Å². The van der Waals surface area contributed by atoms with Gasteiger partial charge in [-0.3, -0.25) is 13.9 Å². The van der Waals surface area contributed by atoms with Gasteiger partial charge in [0.1, 0.15) is 5.82 Å². The van der Waals surface area contributed by atoms with E-state index in [4.69, 9.17) is 0 Å². The van der Waals surface area contributed by atoms with Crippen molar-refractivity contribution >= 4 is 11.2 Å². The van der Waals surface area contributed by atoms with Crippen LogP contribution in [0.3, 0.4) is 0 Å². The Morgan fingerprint density at radius 1 is 1.13 bits per heavy atom. The summed E-state index contributed by atoms with van der Waals surface area (Å²) in [5.74, 6) is 0.818. The number of quaternary nitrogens is 1. The number of aromatic nitrogens is 4. The molecule has 1 aromatic carbocycles. The number of hydrogen-bond acceptors (Lipinski definition) is 3. The van der Waals surface area contributed by atoms with Gasteiger partial charge in [0.15, 0.2) is 11.2 Å². The van der Waals surface area contributed by atoms with E-state index in [9.17, 15) is 9.59 Å². The molecule has 0 aliphatic rings. The standard InChI is InChI=1S/C23H31N5O2.ClH/c1-5-6-13-19-25-21-20(22(29)27(4)23(30)26(21)3)28(19)15-10-14-24-17(2)16-18-11-8-7-9-12-18;/h5-9,11-12,17,24H,10,13-16H2,1-4H3;1H/b6-5+;. The highest BCUT2D eigenvalue weighted by atomic mass is 35.5. The first-order valence-electron chi connectivity index (χ1n) is 10.6. The summed E-state index contributed by atoms with van der Waals surface area (Å²) in [6.07, 6.45) is 6.58. The Kier molecular flexibility index (Phi) is 8.83. The van der Waals surface area contributed by atoms with Gasteiger partial charge in [0.05, 0.1) is 12.6 Å². The molecule has 31 heavy (non-hydrogen) atoms. The smallest absolute Gasteiger partial charge is 0.332 e. The van der Waals surface area contributed by atoms with E-state index in [-0.39, 0.29) is 23.7 Å². The normalized spacial score (nSPS) is 12.4. The van der Waals surface area contributed by atoms with Gasteiger partial charge < -0.3 is 22.3 Å². The van der Waals surface area contributed by atoms with E-state index in [1.165, 1.54) is 17.2 Å². The fourth-order valence-electron chi connectivity index (χ4n) is 3.83. The number of nitrogens with two attached hydrogens (primary N) is 1. The predicted octanol–water partition coefficient (Wildman–Crippen LogP) is -1.86. The van der Waals surface area contributed by atoms with E-state index in [1.807, 2.05) is 29.7 Å². The molecule has 7 nitrogen and oxygen atoms in total. The van der Waals surface area contributed by atoms with Gasteiger partial charge >= 0.3 is 5.69 Å². The lowest BCUT2D eigenvalue weighted by molar-refractivity contribution is -0.686. The predicted molar refractivity (Wildman–Crippen MR) is 120 cm³/mol. The van der Waals surface area contributed by atoms with Gasteiger partial charge in [-0.05, 0) is 19.4 Å². The maximum atomic E-state index is 12.8. The van der Waals surface area contributed by atoms with Crippen LogP contribution in [0.15, 0.2) is 52.1 Å². The summed E-state index contributed by atoms with van der Waals surface area (Å²) < 4.78 is 4.61. The summed E-state index contributed by atoms with van der Waals surface area (Å²) in [6.45, 7) is 5.86. The van der Waals surface area contributed by atoms with Crippen molar-refractivity contribution in [2.45, 2.75) is 45.7 Å². The van der Waals surface area contributed by atoms with Gasteiger partial charge in [-0.1, -0.05) is 42.5 Å². The number of benzene rings is 1. The Bertz CT molecular complexity index is 1140. The fraction of sp³-hybridized carbons (Fsp3) is 0.435. The molecule has 0 aliphatic heterocycles. The maximum Gasteiger partial charge on any atom is 0.332 e. The molecule has 0 fully saturated rings. The van der Waals surface area contributed by atoms with E-state index in [0.717, 1.165) is 29.8 Å². The molecule has 8 heteroatoms. The quantitative estimate of drug-likeness (QED) is 0.310. The summed E-state index contributed by atoms with van der Waals surface area (Å²) >= 11 is 0. The van der Waals surface area contributed by atoms with E-state index in [0.29, 0.717) is 30.2 Å². The van der Waals surface area contributed by atoms with Crippen LogP contribution in [0.5, 0.6) is 0 Å². The van der Waals surface area contributed by atoms with Crippen LogP contribution in [0.4, 0.5) is 0 Å². The Morgan fingerprint density at radius 3 is 2.52 bits per heavy atom. The molecule has 168 valence electrons. The molecule has 0 saturated carbocycles. The van der Waals surface area contributed by atoms with Gasteiger partial charge in [0, 0.05) is 39.9 Å². The van der Waals surface area contributed by atoms with Crippen molar-refractivity contribution in [2.24, 2.45) is 14.1 Å². The minimum absolute atomic E-state index is 0. The highest BCUT2D eigenvalue weighted by molar-refractivity contribution is 5.71. The van der Waals surface area contributed by atoms with Crippen LogP contribution in [0.25, 0.3) is 11.2 Å². The van der Waals surface area contributed by atoms with Crippen molar-refractivity contribution in [1.82, 2.24) is 18.7 Å². The lowest BCUT2D eigenvalue weighted by Crippen LogP contribution is -3.00. The summed E-state index contributed by atoms with van der Waals surface area (Å²) in [4.78, 5) is 29.7. The van der Waals surface area contributed by atoms with Crippen molar-refractivity contribution in [3.05, 3.63) is 74.7 Å². The SMILES string of the molecule is C/C=C/Cc1nc2c(c(=O)n(C)c(=O)n2C)n1CCC[NH2+]C(C)Cc1ccccc1.[Cl-]. The first-order valence-corrected chi connectivity index (χ1v) is 10.6. The molecular formula is C23H32ClN5O2. The molecule has 1 atom stereocenters. The zero-order chi connectivity index (χ0) is 21.7. The molecule has 0 radical (unpaired) electrons. The van der Waals surface area contributed by atoms with Crippen LogP contribution in [0.2, 0.25) is 0 Å². The Morgan fingerprint density at radius 2 is 1.84 bits per heavy atom. The minimum atomic E-state index is -0.349. The molecule has 0 bridgehead atoms. The molecule has 3 rings (SSSR count). The first-order chi connectivity index (χ1) is 14.4. The van der Waals surface area contributed by atoms with Crippen LogP contribution in [-0.4, -0.2) is 31.3 Å². The number of allylic oxidation sites excluding steroid dienone is 2. The summed E-state index contributed by atoms with van der Waals surface area (Å²) in [6, 6.07) is 11.0. The third-order valence-electron chi connectivity index (χ3n) is 5.52. The molecular weight excluding hydrogens is 414 g/mol. The Balaban J connectivity index is 0.00000341. The Hall–Kier alpha value is -2.64. The van der Waals surface area contributed by atoms with Crippen molar-refractivity contribution in [1.29, 1.82) is 0 Å².